The van der Waals surface area contributed by atoms with Gasteiger partial charge >= 0.3 is 0 Å². The fourth-order valence-electron chi connectivity index (χ4n) is 1.13. The second-order valence-electron chi connectivity index (χ2n) is 4.26. The molecule has 1 amide bonds. The van der Waals surface area contributed by atoms with Crippen LogP contribution in [0.2, 0.25) is 0 Å². The number of likely N-dealkylation sites (N-methyl/N-ethyl adjacent to an activating group) is 1. The summed E-state index contributed by atoms with van der Waals surface area (Å²) in [6, 6.07) is 4.40. The Kier molecular flexibility index (Phi) is 3.49. The van der Waals surface area contributed by atoms with Gasteiger partial charge in [0.25, 0.3) is 5.91 Å². The molecule has 0 saturated heterocycles. The molecule has 0 spiro atoms. The van der Waals surface area contributed by atoms with E-state index < -0.39 is 5.54 Å². The second-order valence-corrected chi connectivity index (χ2v) is 4.26. The number of hydrogen-bond acceptors (Lipinski definition) is 3. The highest BCUT2D eigenvalue weighted by atomic mass is 16.3. The van der Waals surface area contributed by atoms with Crippen molar-refractivity contribution in [3.05, 3.63) is 34.2 Å². The maximum absolute atomic E-state index is 11.9. The minimum atomic E-state index is -0.663. The number of aromatic nitrogens is 1. The van der Waals surface area contributed by atoms with Gasteiger partial charge in [0.2, 0.25) is 5.56 Å². The first kappa shape index (κ1) is 12.4. The zero-order valence-electron chi connectivity index (χ0n) is 9.65. The van der Waals surface area contributed by atoms with Crippen molar-refractivity contribution >= 4 is 5.91 Å². The molecule has 1 heterocycles. The Balaban J connectivity index is 2.99. The molecule has 1 aromatic heterocycles. The zero-order valence-corrected chi connectivity index (χ0v) is 9.65. The van der Waals surface area contributed by atoms with Crippen LogP contribution < -0.4 is 5.56 Å². The number of carbonyl (C=O) groups is 1. The van der Waals surface area contributed by atoms with Gasteiger partial charge in [-0.05, 0) is 19.9 Å². The van der Waals surface area contributed by atoms with Gasteiger partial charge in [0.1, 0.15) is 5.69 Å². The quantitative estimate of drug-likeness (QED) is 0.771. The predicted octanol–water partition coefficient (Wildman–Crippen LogP) is 0.218. The Morgan fingerprint density at radius 2 is 2.12 bits per heavy atom. The monoisotopic (exact) mass is 224 g/mol. The van der Waals surface area contributed by atoms with Gasteiger partial charge in [-0.2, -0.15) is 0 Å². The van der Waals surface area contributed by atoms with Gasteiger partial charge < -0.3 is 15.0 Å². The third kappa shape index (κ3) is 2.49. The van der Waals surface area contributed by atoms with Crippen LogP contribution in [0.25, 0.3) is 0 Å². The summed E-state index contributed by atoms with van der Waals surface area (Å²) in [5.41, 5.74) is -0.762. The van der Waals surface area contributed by atoms with Crippen molar-refractivity contribution in [3.8, 4) is 0 Å². The molecule has 0 aliphatic heterocycles. The van der Waals surface area contributed by atoms with E-state index in [1.807, 2.05) is 0 Å². The number of nitrogens with zero attached hydrogens (tertiary/aromatic N) is 1. The molecule has 0 unspecified atom stereocenters. The maximum atomic E-state index is 11.9. The van der Waals surface area contributed by atoms with E-state index in [1.165, 1.54) is 23.1 Å². The largest absolute Gasteiger partial charge is 0.394 e. The van der Waals surface area contributed by atoms with Crippen LogP contribution in [0.5, 0.6) is 0 Å². The first-order chi connectivity index (χ1) is 7.38. The van der Waals surface area contributed by atoms with Crippen LogP contribution in [0.3, 0.4) is 0 Å². The van der Waals surface area contributed by atoms with Crippen LogP contribution in [0.1, 0.15) is 24.3 Å². The van der Waals surface area contributed by atoms with Crippen LogP contribution in [-0.2, 0) is 0 Å². The van der Waals surface area contributed by atoms with Gasteiger partial charge in [-0.1, -0.05) is 6.07 Å². The van der Waals surface area contributed by atoms with E-state index in [2.05, 4.69) is 4.98 Å². The molecule has 16 heavy (non-hydrogen) atoms. The minimum Gasteiger partial charge on any atom is -0.394 e. The number of H-pyrrole nitrogens is 1. The number of aliphatic hydroxyl groups is 1. The summed E-state index contributed by atoms with van der Waals surface area (Å²) in [6.07, 6.45) is 0. The topological polar surface area (TPSA) is 73.4 Å². The Labute approximate surface area is 93.7 Å². The van der Waals surface area contributed by atoms with Crippen molar-refractivity contribution in [3.63, 3.8) is 0 Å². The van der Waals surface area contributed by atoms with Gasteiger partial charge in [-0.3, -0.25) is 9.59 Å². The van der Waals surface area contributed by atoms with Crippen molar-refractivity contribution in [2.24, 2.45) is 0 Å². The van der Waals surface area contributed by atoms with Crippen LogP contribution in [0, 0.1) is 0 Å². The van der Waals surface area contributed by atoms with Crippen molar-refractivity contribution in [1.82, 2.24) is 9.88 Å². The number of amides is 1. The first-order valence-corrected chi connectivity index (χ1v) is 4.97. The molecule has 1 rings (SSSR count). The molecule has 5 nitrogen and oxygen atoms in total. The molecule has 0 aliphatic rings. The zero-order chi connectivity index (χ0) is 12.3. The SMILES string of the molecule is CN(C(=O)c1cccc(=O)[nH]1)C(C)(C)CO. The highest BCUT2D eigenvalue weighted by molar-refractivity contribution is 5.92. The smallest absolute Gasteiger partial charge is 0.270 e. The Morgan fingerprint density at radius 1 is 1.50 bits per heavy atom. The fraction of sp³-hybridized carbons (Fsp3) is 0.455. The molecule has 0 fully saturated rings. The lowest BCUT2D eigenvalue weighted by Gasteiger charge is -2.33. The Bertz CT molecular complexity index is 437. The van der Waals surface area contributed by atoms with Crippen molar-refractivity contribution < 1.29 is 9.90 Å². The van der Waals surface area contributed by atoms with E-state index >= 15 is 0 Å². The number of rotatable bonds is 3. The molecular formula is C11H16N2O3. The molecule has 0 radical (unpaired) electrons. The van der Waals surface area contributed by atoms with Crippen LogP contribution in [0.4, 0.5) is 0 Å². The molecule has 0 aromatic carbocycles. The van der Waals surface area contributed by atoms with Gasteiger partial charge in [-0.15, -0.1) is 0 Å². The number of aromatic amines is 1. The van der Waals surface area contributed by atoms with E-state index in [9.17, 15) is 9.59 Å². The molecule has 2 N–H and O–H groups in total. The molecule has 0 aliphatic carbocycles. The Morgan fingerprint density at radius 3 is 2.62 bits per heavy atom. The summed E-state index contributed by atoms with van der Waals surface area (Å²) in [4.78, 5) is 26.9. The van der Waals surface area contributed by atoms with E-state index in [-0.39, 0.29) is 23.8 Å². The van der Waals surface area contributed by atoms with Crippen molar-refractivity contribution in [2.45, 2.75) is 19.4 Å². The average Bonchev–Trinajstić information content (AvgIpc) is 2.27. The van der Waals surface area contributed by atoms with Crippen LogP contribution in [0.15, 0.2) is 23.0 Å². The lowest BCUT2D eigenvalue weighted by atomic mass is 10.0. The van der Waals surface area contributed by atoms with Gasteiger partial charge in [0, 0.05) is 13.1 Å². The van der Waals surface area contributed by atoms with Gasteiger partial charge in [-0.25, -0.2) is 0 Å². The van der Waals surface area contributed by atoms with E-state index in [4.69, 9.17) is 5.11 Å². The summed E-state index contributed by atoms with van der Waals surface area (Å²) in [5, 5.41) is 9.15. The fourth-order valence-corrected chi connectivity index (χ4v) is 1.13. The lowest BCUT2D eigenvalue weighted by molar-refractivity contribution is 0.0467. The van der Waals surface area contributed by atoms with E-state index in [1.54, 1.807) is 20.9 Å². The second kappa shape index (κ2) is 4.49. The Hall–Kier alpha value is -1.62. The predicted molar refractivity (Wildman–Crippen MR) is 60.3 cm³/mol. The molecule has 1 aromatic rings. The molecule has 0 saturated carbocycles. The molecule has 5 heteroatoms. The number of carbonyl (C=O) groups excluding carboxylic acids is 1. The van der Waals surface area contributed by atoms with Crippen LogP contribution >= 0.6 is 0 Å². The number of hydrogen-bond donors (Lipinski definition) is 2. The molecular weight excluding hydrogens is 208 g/mol. The molecule has 0 bridgehead atoms. The van der Waals surface area contributed by atoms with Crippen molar-refractivity contribution in [2.75, 3.05) is 13.7 Å². The van der Waals surface area contributed by atoms with Gasteiger partial charge in [0.05, 0.1) is 12.1 Å². The van der Waals surface area contributed by atoms with E-state index in [0.717, 1.165) is 0 Å². The normalized spacial score (nSPS) is 11.2. The third-order valence-electron chi connectivity index (χ3n) is 2.60. The number of aliphatic hydroxyl groups excluding tert-OH is 1. The average molecular weight is 224 g/mol. The standard InChI is InChI=1S/C11H16N2O3/c1-11(2,7-14)13(3)10(16)8-5-4-6-9(15)12-8/h4-6,14H,7H2,1-3H3,(H,12,15). The highest BCUT2D eigenvalue weighted by Gasteiger charge is 2.27. The van der Waals surface area contributed by atoms with Crippen molar-refractivity contribution in [1.29, 1.82) is 0 Å². The van der Waals surface area contributed by atoms with Crippen LogP contribution in [-0.4, -0.2) is 40.1 Å². The van der Waals surface area contributed by atoms with E-state index in [0.29, 0.717) is 0 Å². The lowest BCUT2D eigenvalue weighted by Crippen LogP contribution is -2.48. The minimum absolute atomic E-state index is 0.147. The summed E-state index contributed by atoms with van der Waals surface area (Å²) in [6.45, 7) is 3.34. The van der Waals surface area contributed by atoms with Gasteiger partial charge in [0.15, 0.2) is 0 Å². The first-order valence-electron chi connectivity index (χ1n) is 4.97. The third-order valence-corrected chi connectivity index (χ3v) is 2.60. The molecule has 0 atom stereocenters. The number of nitrogens with one attached hydrogen (secondary N) is 1. The summed E-state index contributed by atoms with van der Waals surface area (Å²) in [7, 11) is 1.59. The maximum Gasteiger partial charge on any atom is 0.270 e. The number of pyridine rings is 1. The summed E-state index contributed by atoms with van der Waals surface area (Å²) in [5.74, 6) is -0.322. The molecule has 88 valence electrons. The summed E-state index contributed by atoms with van der Waals surface area (Å²) < 4.78 is 0. The summed E-state index contributed by atoms with van der Waals surface area (Å²) >= 11 is 0. The highest BCUT2D eigenvalue weighted by Crippen LogP contribution is 2.13.